The van der Waals surface area contributed by atoms with Crippen molar-refractivity contribution in [3.63, 3.8) is 0 Å². The number of thiophene rings is 1. The molecule has 0 spiro atoms. The van der Waals surface area contributed by atoms with Gasteiger partial charge in [-0.25, -0.2) is 4.98 Å². The maximum absolute atomic E-state index is 12.6. The SMILES string of the molecule is CCCCn1cnc2sc(C(=O)NCC3CCCO3)c(C)c2c1=O. The number of nitrogens with zero attached hydrogens (tertiary/aromatic N) is 2. The van der Waals surface area contributed by atoms with Crippen LogP contribution in [0.2, 0.25) is 0 Å². The molecule has 1 unspecified atom stereocenters. The Bertz CT molecular complexity index is 790. The summed E-state index contributed by atoms with van der Waals surface area (Å²) in [7, 11) is 0. The van der Waals surface area contributed by atoms with Crippen LogP contribution in [-0.2, 0) is 11.3 Å². The Kier molecular flexibility index (Phi) is 5.30. The van der Waals surface area contributed by atoms with Gasteiger partial charge in [0.25, 0.3) is 11.5 Å². The highest BCUT2D eigenvalue weighted by Gasteiger charge is 2.21. The molecule has 2 aromatic rings. The first-order chi connectivity index (χ1) is 11.6. The summed E-state index contributed by atoms with van der Waals surface area (Å²) in [6.45, 7) is 5.86. The molecule has 0 saturated carbocycles. The number of hydrogen-bond acceptors (Lipinski definition) is 5. The maximum atomic E-state index is 12.6. The van der Waals surface area contributed by atoms with Crippen LogP contribution in [0.1, 0.15) is 47.8 Å². The molecule has 7 heteroatoms. The molecular formula is C17H23N3O3S. The molecule has 2 aromatic heterocycles. The smallest absolute Gasteiger partial charge is 0.262 e. The number of amides is 1. The van der Waals surface area contributed by atoms with E-state index in [0.717, 1.165) is 37.9 Å². The zero-order chi connectivity index (χ0) is 17.1. The Morgan fingerprint density at radius 1 is 1.54 bits per heavy atom. The number of ether oxygens (including phenoxy) is 1. The Labute approximate surface area is 144 Å². The van der Waals surface area contributed by atoms with E-state index in [0.29, 0.717) is 28.2 Å². The highest BCUT2D eigenvalue weighted by molar-refractivity contribution is 7.20. The minimum atomic E-state index is -0.148. The van der Waals surface area contributed by atoms with Gasteiger partial charge in [-0.15, -0.1) is 11.3 Å². The monoisotopic (exact) mass is 349 g/mol. The van der Waals surface area contributed by atoms with Crippen molar-refractivity contribution in [2.45, 2.75) is 52.2 Å². The first kappa shape index (κ1) is 17.1. The van der Waals surface area contributed by atoms with Crippen molar-refractivity contribution in [1.29, 1.82) is 0 Å². The zero-order valence-electron chi connectivity index (χ0n) is 14.1. The van der Waals surface area contributed by atoms with Crippen LogP contribution < -0.4 is 10.9 Å². The van der Waals surface area contributed by atoms with Gasteiger partial charge in [-0.1, -0.05) is 13.3 Å². The third-order valence-corrected chi connectivity index (χ3v) is 5.59. The zero-order valence-corrected chi connectivity index (χ0v) is 14.9. The number of aromatic nitrogens is 2. The van der Waals surface area contributed by atoms with Crippen LogP contribution in [0.4, 0.5) is 0 Å². The van der Waals surface area contributed by atoms with Crippen LogP contribution in [-0.4, -0.2) is 34.7 Å². The minimum absolute atomic E-state index is 0.0552. The highest BCUT2D eigenvalue weighted by atomic mass is 32.1. The van der Waals surface area contributed by atoms with Crippen LogP contribution in [0, 0.1) is 6.92 Å². The number of rotatable bonds is 6. The number of carbonyl (C=O) groups excluding carboxylic acids is 1. The van der Waals surface area contributed by atoms with Crippen molar-refractivity contribution in [3.8, 4) is 0 Å². The lowest BCUT2D eigenvalue weighted by atomic mass is 10.2. The molecule has 1 aliphatic rings. The van der Waals surface area contributed by atoms with Gasteiger partial charge in [0.15, 0.2) is 0 Å². The fraction of sp³-hybridized carbons (Fsp3) is 0.588. The van der Waals surface area contributed by atoms with Crippen LogP contribution >= 0.6 is 11.3 Å². The summed E-state index contributed by atoms with van der Waals surface area (Å²) in [4.78, 5) is 30.7. The Morgan fingerprint density at radius 2 is 2.38 bits per heavy atom. The van der Waals surface area contributed by atoms with Gasteiger partial charge in [-0.3, -0.25) is 14.2 Å². The van der Waals surface area contributed by atoms with E-state index in [1.807, 2.05) is 6.92 Å². The molecule has 0 bridgehead atoms. The Hall–Kier alpha value is -1.73. The molecule has 1 saturated heterocycles. The number of fused-ring (bicyclic) bond motifs is 1. The van der Waals surface area contributed by atoms with E-state index in [2.05, 4.69) is 17.2 Å². The molecule has 0 aromatic carbocycles. The predicted octanol–water partition coefficient (Wildman–Crippen LogP) is 2.48. The van der Waals surface area contributed by atoms with Crippen molar-refractivity contribution < 1.29 is 9.53 Å². The van der Waals surface area contributed by atoms with E-state index in [1.165, 1.54) is 11.3 Å². The second-order valence-electron chi connectivity index (χ2n) is 6.18. The molecule has 24 heavy (non-hydrogen) atoms. The first-order valence-corrected chi connectivity index (χ1v) is 9.31. The molecular weight excluding hydrogens is 326 g/mol. The van der Waals surface area contributed by atoms with Gasteiger partial charge in [0.1, 0.15) is 4.83 Å². The summed E-state index contributed by atoms with van der Waals surface area (Å²) in [5.74, 6) is -0.148. The largest absolute Gasteiger partial charge is 0.376 e. The van der Waals surface area contributed by atoms with E-state index >= 15 is 0 Å². The molecule has 1 amide bonds. The number of aryl methyl sites for hydroxylation is 2. The lowest BCUT2D eigenvalue weighted by Crippen LogP contribution is -2.31. The standard InChI is InChI=1S/C17H23N3O3S/c1-3-4-7-20-10-19-16-13(17(20)22)11(2)14(24-16)15(21)18-9-12-6-5-8-23-12/h10,12H,3-9H2,1-2H3,(H,18,21). The molecule has 130 valence electrons. The topological polar surface area (TPSA) is 73.2 Å². The average molecular weight is 349 g/mol. The fourth-order valence-electron chi connectivity index (χ4n) is 2.96. The van der Waals surface area contributed by atoms with Gasteiger partial charge in [-0.2, -0.15) is 0 Å². The predicted molar refractivity (Wildman–Crippen MR) is 94.8 cm³/mol. The summed E-state index contributed by atoms with van der Waals surface area (Å²) < 4.78 is 7.16. The molecule has 0 radical (unpaired) electrons. The number of carbonyl (C=O) groups is 1. The molecule has 1 N–H and O–H groups in total. The molecule has 1 fully saturated rings. The van der Waals surface area contributed by atoms with Crippen molar-refractivity contribution in [1.82, 2.24) is 14.9 Å². The van der Waals surface area contributed by atoms with Crippen molar-refractivity contribution >= 4 is 27.5 Å². The van der Waals surface area contributed by atoms with Crippen molar-refractivity contribution in [3.05, 3.63) is 27.1 Å². The second-order valence-corrected chi connectivity index (χ2v) is 7.18. The highest BCUT2D eigenvalue weighted by Crippen LogP contribution is 2.26. The normalized spacial score (nSPS) is 17.5. The molecule has 3 rings (SSSR count). The van der Waals surface area contributed by atoms with Crippen LogP contribution in [0.5, 0.6) is 0 Å². The van der Waals surface area contributed by atoms with Crippen LogP contribution in [0.3, 0.4) is 0 Å². The quantitative estimate of drug-likeness (QED) is 0.869. The maximum Gasteiger partial charge on any atom is 0.262 e. The van der Waals surface area contributed by atoms with Crippen LogP contribution in [0.15, 0.2) is 11.1 Å². The second kappa shape index (κ2) is 7.44. The van der Waals surface area contributed by atoms with E-state index in [-0.39, 0.29) is 17.6 Å². The molecule has 0 aliphatic carbocycles. The summed E-state index contributed by atoms with van der Waals surface area (Å²) in [5, 5.41) is 3.49. The van der Waals surface area contributed by atoms with E-state index < -0.39 is 0 Å². The van der Waals surface area contributed by atoms with Crippen molar-refractivity contribution in [2.75, 3.05) is 13.2 Å². The number of hydrogen-bond donors (Lipinski definition) is 1. The third-order valence-electron chi connectivity index (χ3n) is 4.39. The van der Waals surface area contributed by atoms with E-state index in [9.17, 15) is 9.59 Å². The summed E-state index contributed by atoms with van der Waals surface area (Å²) in [6, 6.07) is 0. The Morgan fingerprint density at radius 3 is 3.08 bits per heavy atom. The molecule has 6 nitrogen and oxygen atoms in total. The minimum Gasteiger partial charge on any atom is -0.376 e. The fourth-order valence-corrected chi connectivity index (χ4v) is 4.01. The van der Waals surface area contributed by atoms with Gasteiger partial charge in [-0.05, 0) is 31.7 Å². The Balaban J connectivity index is 1.83. The molecule has 3 heterocycles. The summed E-state index contributed by atoms with van der Waals surface area (Å²) in [6.07, 6.45) is 5.67. The van der Waals surface area contributed by atoms with E-state index in [4.69, 9.17) is 4.74 Å². The lowest BCUT2D eigenvalue weighted by Gasteiger charge is -2.10. The molecule has 1 aliphatic heterocycles. The van der Waals surface area contributed by atoms with Gasteiger partial charge in [0.05, 0.1) is 22.7 Å². The third kappa shape index (κ3) is 3.37. The van der Waals surface area contributed by atoms with Gasteiger partial charge in [0, 0.05) is 19.7 Å². The first-order valence-electron chi connectivity index (χ1n) is 8.50. The van der Waals surface area contributed by atoms with Gasteiger partial charge in [0.2, 0.25) is 0 Å². The van der Waals surface area contributed by atoms with Gasteiger partial charge < -0.3 is 10.1 Å². The number of unbranched alkanes of at least 4 members (excludes halogenated alkanes) is 1. The van der Waals surface area contributed by atoms with E-state index in [1.54, 1.807) is 10.9 Å². The number of nitrogens with one attached hydrogen (secondary N) is 1. The van der Waals surface area contributed by atoms with Crippen LogP contribution in [0.25, 0.3) is 10.2 Å². The van der Waals surface area contributed by atoms with Crippen molar-refractivity contribution in [2.24, 2.45) is 0 Å². The summed E-state index contributed by atoms with van der Waals surface area (Å²) in [5.41, 5.74) is 0.670. The van der Waals surface area contributed by atoms with Gasteiger partial charge >= 0.3 is 0 Å². The average Bonchev–Trinajstić information content (AvgIpc) is 3.20. The lowest BCUT2D eigenvalue weighted by molar-refractivity contribution is 0.0860. The molecule has 1 atom stereocenters. The summed E-state index contributed by atoms with van der Waals surface area (Å²) >= 11 is 1.28.